The van der Waals surface area contributed by atoms with Crippen LogP contribution in [0.3, 0.4) is 0 Å². The third-order valence-electron chi connectivity index (χ3n) is 2.19. The SMILES string of the molecule is CCC(O)CNC(=O)CSc1ccc(F)cc1. The Morgan fingerprint density at radius 1 is 1.47 bits per heavy atom. The third kappa shape index (κ3) is 5.70. The van der Waals surface area contributed by atoms with Gasteiger partial charge in [0.15, 0.2) is 0 Å². The van der Waals surface area contributed by atoms with Gasteiger partial charge in [0.25, 0.3) is 0 Å². The third-order valence-corrected chi connectivity index (χ3v) is 3.20. The lowest BCUT2D eigenvalue weighted by Crippen LogP contribution is -2.32. The maximum atomic E-state index is 12.6. The van der Waals surface area contributed by atoms with Gasteiger partial charge >= 0.3 is 0 Å². The topological polar surface area (TPSA) is 49.3 Å². The Morgan fingerprint density at radius 2 is 2.12 bits per heavy atom. The molecule has 1 rings (SSSR count). The lowest BCUT2D eigenvalue weighted by molar-refractivity contribution is -0.119. The Balaban J connectivity index is 2.26. The molecule has 0 fully saturated rings. The summed E-state index contributed by atoms with van der Waals surface area (Å²) in [6.07, 6.45) is 0.126. The molecule has 0 heterocycles. The van der Waals surface area contributed by atoms with Gasteiger partial charge in [0.05, 0.1) is 11.9 Å². The molecule has 0 radical (unpaired) electrons. The molecule has 94 valence electrons. The maximum absolute atomic E-state index is 12.6. The van der Waals surface area contributed by atoms with Gasteiger partial charge in [-0.25, -0.2) is 4.39 Å². The summed E-state index contributed by atoms with van der Waals surface area (Å²) >= 11 is 1.34. The molecule has 1 amide bonds. The summed E-state index contributed by atoms with van der Waals surface area (Å²) in [5, 5.41) is 11.9. The van der Waals surface area contributed by atoms with Crippen LogP contribution in [0, 0.1) is 5.82 Å². The molecule has 0 aliphatic rings. The smallest absolute Gasteiger partial charge is 0.230 e. The summed E-state index contributed by atoms with van der Waals surface area (Å²) in [4.78, 5) is 12.2. The molecule has 0 saturated carbocycles. The van der Waals surface area contributed by atoms with E-state index in [2.05, 4.69) is 5.32 Å². The second-order valence-corrected chi connectivity index (χ2v) is 4.66. The summed E-state index contributed by atoms with van der Waals surface area (Å²) in [7, 11) is 0. The Hall–Kier alpha value is -1.07. The molecule has 1 aromatic carbocycles. The van der Waals surface area contributed by atoms with Gasteiger partial charge in [-0.05, 0) is 30.7 Å². The van der Waals surface area contributed by atoms with E-state index in [0.29, 0.717) is 6.42 Å². The van der Waals surface area contributed by atoms with Crippen molar-refractivity contribution in [1.29, 1.82) is 0 Å². The summed E-state index contributed by atoms with van der Waals surface area (Å²) in [6.45, 7) is 2.13. The minimum absolute atomic E-state index is 0.133. The number of hydrogen-bond acceptors (Lipinski definition) is 3. The molecular weight excluding hydrogens is 241 g/mol. The predicted octanol–water partition coefficient (Wildman–Crippen LogP) is 1.80. The Labute approximate surface area is 104 Å². The minimum atomic E-state index is -0.491. The van der Waals surface area contributed by atoms with Gasteiger partial charge in [-0.1, -0.05) is 6.92 Å². The highest BCUT2D eigenvalue weighted by Crippen LogP contribution is 2.17. The van der Waals surface area contributed by atoms with E-state index in [-0.39, 0.29) is 24.0 Å². The van der Waals surface area contributed by atoms with E-state index in [0.717, 1.165) is 4.90 Å². The van der Waals surface area contributed by atoms with Crippen molar-refractivity contribution in [2.24, 2.45) is 0 Å². The number of nitrogens with one attached hydrogen (secondary N) is 1. The molecule has 0 aromatic heterocycles. The van der Waals surface area contributed by atoms with Crippen molar-refractivity contribution in [3.63, 3.8) is 0 Å². The standard InChI is InChI=1S/C12H16FNO2S/c1-2-10(15)7-14-12(16)8-17-11-5-3-9(13)4-6-11/h3-6,10,15H,2,7-8H2,1H3,(H,14,16). The molecule has 0 spiro atoms. The number of carbonyl (C=O) groups excluding carboxylic acids is 1. The monoisotopic (exact) mass is 257 g/mol. The van der Waals surface area contributed by atoms with Crippen molar-refractivity contribution < 1.29 is 14.3 Å². The lowest BCUT2D eigenvalue weighted by atomic mass is 10.3. The molecule has 0 bridgehead atoms. The molecule has 2 N–H and O–H groups in total. The first-order valence-electron chi connectivity index (χ1n) is 5.45. The van der Waals surface area contributed by atoms with E-state index in [1.807, 2.05) is 6.92 Å². The average Bonchev–Trinajstić information content (AvgIpc) is 2.35. The molecule has 0 aliphatic carbocycles. The van der Waals surface area contributed by atoms with Crippen LogP contribution in [-0.2, 0) is 4.79 Å². The first kappa shape index (κ1) is 14.0. The summed E-state index contributed by atoms with van der Waals surface area (Å²) in [6, 6.07) is 5.99. The van der Waals surface area contributed by atoms with E-state index in [1.165, 1.54) is 23.9 Å². The number of carbonyl (C=O) groups is 1. The molecular formula is C12H16FNO2S. The van der Waals surface area contributed by atoms with E-state index >= 15 is 0 Å². The number of halogens is 1. The van der Waals surface area contributed by atoms with Crippen LogP contribution in [0.4, 0.5) is 4.39 Å². The van der Waals surface area contributed by atoms with Crippen LogP contribution in [0.5, 0.6) is 0 Å². The zero-order valence-electron chi connectivity index (χ0n) is 9.65. The predicted molar refractivity (Wildman–Crippen MR) is 66.4 cm³/mol. The number of aliphatic hydroxyl groups excluding tert-OH is 1. The second-order valence-electron chi connectivity index (χ2n) is 3.61. The largest absolute Gasteiger partial charge is 0.391 e. The molecule has 3 nitrogen and oxygen atoms in total. The molecule has 1 atom stereocenters. The molecule has 1 unspecified atom stereocenters. The molecule has 0 aliphatic heterocycles. The van der Waals surface area contributed by atoms with Crippen LogP contribution in [0.25, 0.3) is 0 Å². The number of hydrogen-bond donors (Lipinski definition) is 2. The quantitative estimate of drug-likeness (QED) is 0.764. The molecule has 1 aromatic rings. The van der Waals surface area contributed by atoms with Crippen LogP contribution in [-0.4, -0.2) is 29.4 Å². The maximum Gasteiger partial charge on any atom is 0.230 e. The zero-order chi connectivity index (χ0) is 12.7. The van der Waals surface area contributed by atoms with Crippen molar-refractivity contribution in [2.45, 2.75) is 24.3 Å². The highest BCUT2D eigenvalue weighted by molar-refractivity contribution is 8.00. The Kier molecular flexibility index (Phi) is 6.00. The van der Waals surface area contributed by atoms with Gasteiger partial charge in [-0.2, -0.15) is 0 Å². The number of benzene rings is 1. The fraction of sp³-hybridized carbons (Fsp3) is 0.417. The van der Waals surface area contributed by atoms with Gasteiger partial charge in [0, 0.05) is 11.4 Å². The van der Waals surface area contributed by atoms with Gasteiger partial charge in [0.2, 0.25) is 5.91 Å². The first-order chi connectivity index (χ1) is 8.11. The summed E-state index contributed by atoms with van der Waals surface area (Å²) in [5.74, 6) is -0.154. The lowest BCUT2D eigenvalue weighted by Gasteiger charge is -2.09. The van der Waals surface area contributed by atoms with Crippen LogP contribution in [0.2, 0.25) is 0 Å². The van der Waals surface area contributed by atoms with E-state index in [1.54, 1.807) is 12.1 Å². The number of amides is 1. The van der Waals surface area contributed by atoms with Crippen molar-refractivity contribution in [2.75, 3.05) is 12.3 Å². The van der Waals surface area contributed by atoms with E-state index < -0.39 is 6.10 Å². The van der Waals surface area contributed by atoms with Gasteiger partial charge in [0.1, 0.15) is 5.82 Å². The Morgan fingerprint density at radius 3 is 2.71 bits per heavy atom. The van der Waals surface area contributed by atoms with Gasteiger partial charge in [-0.15, -0.1) is 11.8 Å². The zero-order valence-corrected chi connectivity index (χ0v) is 10.5. The Bertz CT molecular complexity index is 356. The fourth-order valence-corrected chi connectivity index (χ4v) is 1.84. The van der Waals surface area contributed by atoms with Crippen LogP contribution in [0.1, 0.15) is 13.3 Å². The second kappa shape index (κ2) is 7.29. The van der Waals surface area contributed by atoms with Gasteiger partial charge in [-0.3, -0.25) is 4.79 Å². The number of aliphatic hydroxyl groups is 1. The molecule has 5 heteroatoms. The highest BCUT2D eigenvalue weighted by Gasteiger charge is 2.05. The van der Waals surface area contributed by atoms with E-state index in [9.17, 15) is 14.3 Å². The van der Waals surface area contributed by atoms with Crippen molar-refractivity contribution >= 4 is 17.7 Å². The normalized spacial score (nSPS) is 12.2. The van der Waals surface area contributed by atoms with Gasteiger partial charge < -0.3 is 10.4 Å². The number of thioether (sulfide) groups is 1. The van der Waals surface area contributed by atoms with Crippen molar-refractivity contribution in [1.82, 2.24) is 5.32 Å². The highest BCUT2D eigenvalue weighted by atomic mass is 32.2. The van der Waals surface area contributed by atoms with Crippen LogP contribution in [0.15, 0.2) is 29.2 Å². The van der Waals surface area contributed by atoms with Crippen LogP contribution < -0.4 is 5.32 Å². The fourth-order valence-electron chi connectivity index (χ4n) is 1.11. The van der Waals surface area contributed by atoms with Crippen molar-refractivity contribution in [3.8, 4) is 0 Å². The van der Waals surface area contributed by atoms with Crippen molar-refractivity contribution in [3.05, 3.63) is 30.1 Å². The van der Waals surface area contributed by atoms with E-state index in [4.69, 9.17) is 0 Å². The first-order valence-corrected chi connectivity index (χ1v) is 6.43. The summed E-state index contributed by atoms with van der Waals surface area (Å²) < 4.78 is 12.6. The van der Waals surface area contributed by atoms with Crippen LogP contribution >= 0.6 is 11.8 Å². The average molecular weight is 257 g/mol. The minimum Gasteiger partial charge on any atom is -0.391 e. The summed E-state index contributed by atoms with van der Waals surface area (Å²) in [5.41, 5.74) is 0. The molecule has 17 heavy (non-hydrogen) atoms. The molecule has 0 saturated heterocycles. The number of rotatable bonds is 6.